The Morgan fingerprint density at radius 1 is 1.36 bits per heavy atom. The molecule has 22 heavy (non-hydrogen) atoms. The molecule has 6 nitrogen and oxygen atoms in total. The van der Waals surface area contributed by atoms with Crippen LogP contribution in [0.5, 0.6) is 5.75 Å². The second-order valence-electron chi connectivity index (χ2n) is 5.26. The highest BCUT2D eigenvalue weighted by Crippen LogP contribution is 2.30. The van der Waals surface area contributed by atoms with Crippen LogP contribution in [0, 0.1) is 0 Å². The Kier molecular flexibility index (Phi) is 5.25. The topological polar surface area (TPSA) is 61.9 Å². The van der Waals surface area contributed by atoms with Crippen molar-refractivity contribution in [2.75, 3.05) is 31.6 Å². The van der Waals surface area contributed by atoms with E-state index in [1.165, 1.54) is 0 Å². The van der Waals surface area contributed by atoms with E-state index in [-0.39, 0.29) is 11.9 Å². The predicted octanol–water partition coefficient (Wildman–Crippen LogP) is 1.85. The zero-order valence-electron chi connectivity index (χ0n) is 13.3. The van der Waals surface area contributed by atoms with E-state index in [1.807, 2.05) is 31.2 Å². The molecule has 1 aromatic carbocycles. The number of nitrogens with zero attached hydrogens (tertiary/aromatic N) is 2. The van der Waals surface area contributed by atoms with E-state index in [4.69, 9.17) is 4.74 Å². The van der Waals surface area contributed by atoms with Crippen molar-refractivity contribution in [3.05, 3.63) is 24.3 Å². The summed E-state index contributed by atoms with van der Waals surface area (Å²) in [4.78, 5) is 28.0. The summed E-state index contributed by atoms with van der Waals surface area (Å²) in [5.41, 5.74) is 0.746. The minimum absolute atomic E-state index is 0.0950. The molecule has 1 N–H and O–H groups in total. The van der Waals surface area contributed by atoms with Crippen LogP contribution in [-0.2, 0) is 4.79 Å². The normalized spacial score (nSPS) is 18.3. The quantitative estimate of drug-likeness (QED) is 0.923. The Morgan fingerprint density at radius 3 is 2.77 bits per heavy atom. The summed E-state index contributed by atoms with van der Waals surface area (Å²) in [6.45, 7) is 5.33. The first-order valence-electron chi connectivity index (χ1n) is 7.59. The summed E-state index contributed by atoms with van der Waals surface area (Å²) in [5.74, 6) is 0.564. The van der Waals surface area contributed by atoms with Gasteiger partial charge in [0.25, 0.3) is 0 Å². The maximum absolute atomic E-state index is 12.6. The van der Waals surface area contributed by atoms with E-state index in [9.17, 15) is 9.59 Å². The molecule has 6 heteroatoms. The third-order valence-corrected chi connectivity index (χ3v) is 3.82. The van der Waals surface area contributed by atoms with Crippen LogP contribution >= 0.6 is 0 Å². The number of carbonyl (C=O) groups excluding carboxylic acids is 2. The van der Waals surface area contributed by atoms with E-state index in [1.54, 1.807) is 23.8 Å². The maximum atomic E-state index is 12.6. The van der Waals surface area contributed by atoms with E-state index in [2.05, 4.69) is 5.32 Å². The van der Waals surface area contributed by atoms with Crippen LogP contribution < -0.4 is 15.0 Å². The molecule has 3 amide bonds. The minimum atomic E-state index is -0.490. The highest BCUT2D eigenvalue weighted by molar-refractivity contribution is 6.01. The van der Waals surface area contributed by atoms with E-state index in [0.717, 1.165) is 12.1 Å². The average molecular weight is 305 g/mol. The van der Waals surface area contributed by atoms with Gasteiger partial charge in [-0.1, -0.05) is 19.1 Å². The van der Waals surface area contributed by atoms with Crippen molar-refractivity contribution in [2.24, 2.45) is 0 Å². The molecule has 1 saturated heterocycles. The Morgan fingerprint density at radius 2 is 2.09 bits per heavy atom. The fourth-order valence-electron chi connectivity index (χ4n) is 2.57. The monoisotopic (exact) mass is 305 g/mol. The largest absolute Gasteiger partial charge is 0.495 e. The van der Waals surface area contributed by atoms with Crippen molar-refractivity contribution in [1.29, 1.82) is 0 Å². The van der Waals surface area contributed by atoms with Crippen molar-refractivity contribution in [2.45, 2.75) is 26.3 Å². The molecular formula is C16H23N3O3. The second-order valence-corrected chi connectivity index (χ2v) is 5.26. The lowest BCUT2D eigenvalue weighted by Gasteiger charge is -2.39. The van der Waals surface area contributed by atoms with Gasteiger partial charge in [0.05, 0.1) is 12.8 Å². The summed E-state index contributed by atoms with van der Waals surface area (Å²) in [5, 5.41) is 2.82. The lowest BCUT2D eigenvalue weighted by atomic mass is 10.1. The van der Waals surface area contributed by atoms with Crippen LogP contribution in [0.1, 0.15) is 20.3 Å². The van der Waals surface area contributed by atoms with Gasteiger partial charge in [0, 0.05) is 19.6 Å². The van der Waals surface area contributed by atoms with Crippen LogP contribution in [0.4, 0.5) is 10.5 Å². The lowest BCUT2D eigenvalue weighted by molar-refractivity contribution is -0.124. The number of urea groups is 1. The summed E-state index contributed by atoms with van der Waals surface area (Å²) in [7, 11) is 1.58. The smallest absolute Gasteiger partial charge is 0.318 e. The molecule has 0 aliphatic carbocycles. The number of hydrogen-bond acceptors (Lipinski definition) is 3. The van der Waals surface area contributed by atoms with Crippen LogP contribution in [-0.4, -0.2) is 49.6 Å². The molecule has 0 spiro atoms. The summed E-state index contributed by atoms with van der Waals surface area (Å²) in [6, 6.07) is 6.75. The zero-order valence-corrected chi connectivity index (χ0v) is 13.3. The molecule has 0 radical (unpaired) electrons. The molecule has 1 aliphatic heterocycles. The number of amides is 3. The van der Waals surface area contributed by atoms with Gasteiger partial charge in [-0.25, -0.2) is 4.79 Å². The maximum Gasteiger partial charge on any atom is 0.318 e. The molecule has 1 atom stereocenters. The second kappa shape index (κ2) is 7.15. The Bertz CT molecular complexity index is 547. The fourth-order valence-corrected chi connectivity index (χ4v) is 2.57. The predicted molar refractivity (Wildman–Crippen MR) is 85.2 cm³/mol. The van der Waals surface area contributed by atoms with Crippen LogP contribution in [0.3, 0.4) is 0 Å². The van der Waals surface area contributed by atoms with Crippen molar-refractivity contribution in [3.63, 3.8) is 0 Å². The molecule has 0 bridgehead atoms. The standard InChI is InChI=1S/C16H23N3O3/c1-4-9-17-16(21)18-10-11-19(15(20)12(18)2)13-7-5-6-8-14(13)22-3/h5-8,12H,4,9-11H2,1-3H3,(H,17,21). The van der Waals surface area contributed by atoms with Gasteiger partial charge in [-0.15, -0.1) is 0 Å². The molecule has 2 rings (SSSR count). The first-order chi connectivity index (χ1) is 10.6. The minimum Gasteiger partial charge on any atom is -0.495 e. The summed E-state index contributed by atoms with van der Waals surface area (Å²) >= 11 is 0. The molecule has 1 aliphatic rings. The van der Waals surface area contributed by atoms with E-state index in [0.29, 0.717) is 25.4 Å². The van der Waals surface area contributed by atoms with Crippen LogP contribution in [0.2, 0.25) is 0 Å². The third kappa shape index (κ3) is 3.16. The number of nitrogens with one attached hydrogen (secondary N) is 1. The first kappa shape index (κ1) is 16.1. The summed E-state index contributed by atoms with van der Waals surface area (Å²) in [6.07, 6.45) is 0.870. The molecular weight excluding hydrogens is 282 g/mol. The van der Waals surface area contributed by atoms with Gasteiger partial charge >= 0.3 is 6.03 Å². The Labute approximate surface area is 131 Å². The molecule has 0 aromatic heterocycles. The van der Waals surface area contributed by atoms with Crippen molar-refractivity contribution in [1.82, 2.24) is 10.2 Å². The van der Waals surface area contributed by atoms with Crippen molar-refractivity contribution >= 4 is 17.6 Å². The lowest BCUT2D eigenvalue weighted by Crippen LogP contribution is -2.59. The van der Waals surface area contributed by atoms with Gasteiger partial charge in [-0.05, 0) is 25.5 Å². The average Bonchev–Trinajstić information content (AvgIpc) is 2.55. The number of piperazine rings is 1. The number of hydrogen-bond donors (Lipinski definition) is 1. The number of methoxy groups -OCH3 is 1. The number of ether oxygens (including phenoxy) is 1. The number of para-hydroxylation sites is 2. The Hall–Kier alpha value is -2.24. The van der Waals surface area contributed by atoms with Gasteiger partial charge in [-0.2, -0.15) is 0 Å². The van der Waals surface area contributed by atoms with Crippen LogP contribution in [0.15, 0.2) is 24.3 Å². The van der Waals surface area contributed by atoms with Gasteiger partial charge in [0.15, 0.2) is 0 Å². The fraction of sp³-hybridized carbons (Fsp3) is 0.500. The molecule has 1 heterocycles. The SMILES string of the molecule is CCCNC(=O)N1CCN(c2ccccc2OC)C(=O)C1C. The number of rotatable bonds is 4. The number of anilines is 1. The molecule has 1 aromatic rings. The molecule has 1 unspecified atom stereocenters. The molecule has 120 valence electrons. The first-order valence-corrected chi connectivity index (χ1v) is 7.59. The van der Waals surface area contributed by atoms with Gasteiger partial charge < -0.3 is 19.9 Å². The van der Waals surface area contributed by atoms with E-state index < -0.39 is 6.04 Å². The summed E-state index contributed by atoms with van der Waals surface area (Å²) < 4.78 is 5.32. The van der Waals surface area contributed by atoms with E-state index >= 15 is 0 Å². The zero-order chi connectivity index (χ0) is 16.1. The van der Waals surface area contributed by atoms with Crippen molar-refractivity contribution in [3.8, 4) is 5.75 Å². The highest BCUT2D eigenvalue weighted by Gasteiger charge is 2.35. The van der Waals surface area contributed by atoms with Crippen molar-refractivity contribution < 1.29 is 14.3 Å². The highest BCUT2D eigenvalue weighted by atomic mass is 16.5. The number of benzene rings is 1. The van der Waals surface area contributed by atoms with Gasteiger partial charge in [0.1, 0.15) is 11.8 Å². The third-order valence-electron chi connectivity index (χ3n) is 3.82. The van der Waals surface area contributed by atoms with Crippen LogP contribution in [0.25, 0.3) is 0 Å². The Balaban J connectivity index is 2.14. The number of carbonyl (C=O) groups is 2. The molecule has 0 saturated carbocycles. The molecule has 1 fully saturated rings. The van der Waals surface area contributed by atoms with Gasteiger partial charge in [0.2, 0.25) is 5.91 Å². The van der Waals surface area contributed by atoms with Gasteiger partial charge in [-0.3, -0.25) is 4.79 Å².